The van der Waals surface area contributed by atoms with Crippen molar-refractivity contribution in [2.45, 2.75) is 18.9 Å². The summed E-state index contributed by atoms with van der Waals surface area (Å²) in [6.07, 6.45) is 8.17. The fourth-order valence-corrected chi connectivity index (χ4v) is 2.24. The van der Waals surface area contributed by atoms with Gasteiger partial charge in [-0.05, 0) is 41.7 Å². The van der Waals surface area contributed by atoms with Crippen LogP contribution in [0.25, 0.3) is 5.57 Å². The molecule has 94 valence electrons. The van der Waals surface area contributed by atoms with Gasteiger partial charge in [-0.2, -0.15) is 0 Å². The average molecular weight is 244 g/mol. The van der Waals surface area contributed by atoms with E-state index in [9.17, 15) is 0 Å². The predicted octanol–water partition coefficient (Wildman–Crippen LogP) is 1.18. The summed E-state index contributed by atoms with van der Waals surface area (Å²) in [5, 5.41) is 0. The summed E-state index contributed by atoms with van der Waals surface area (Å²) in [5.74, 6) is 0.548. The molecule has 18 heavy (non-hydrogen) atoms. The largest absolute Gasteiger partial charge is 0.384 e. The minimum Gasteiger partial charge on any atom is -0.384 e. The molecule has 3 rings (SSSR count). The Labute approximate surface area is 106 Å². The Balaban J connectivity index is 1.86. The van der Waals surface area contributed by atoms with E-state index in [-0.39, 0.29) is 6.10 Å². The maximum Gasteiger partial charge on any atom is 0.123 e. The highest BCUT2D eigenvalue weighted by Crippen LogP contribution is 2.28. The Bertz CT molecular complexity index is 492. The summed E-state index contributed by atoms with van der Waals surface area (Å²) in [5.41, 5.74) is 15.0. The maximum atomic E-state index is 5.60. The minimum absolute atomic E-state index is 0.130. The van der Waals surface area contributed by atoms with E-state index in [1.807, 2.05) is 18.3 Å². The number of hydrogen-bond donors (Lipinski definition) is 3. The van der Waals surface area contributed by atoms with E-state index in [2.05, 4.69) is 28.2 Å². The van der Waals surface area contributed by atoms with Crippen LogP contribution in [0.5, 0.6) is 0 Å². The number of nitrogen functional groups attached to an aromatic ring is 1. The molecule has 5 nitrogen and oxygen atoms in total. The highest BCUT2D eigenvalue weighted by atomic mass is 16.7. The molecule has 0 spiro atoms. The first-order valence-corrected chi connectivity index (χ1v) is 6.09. The molecular weight excluding hydrogens is 228 g/mol. The highest BCUT2D eigenvalue weighted by molar-refractivity contribution is 5.76. The Hall–Kier alpha value is -1.69. The van der Waals surface area contributed by atoms with Gasteiger partial charge in [-0.3, -0.25) is 4.84 Å². The number of hydrogen-bond acceptors (Lipinski definition) is 5. The summed E-state index contributed by atoms with van der Waals surface area (Å²) >= 11 is 0. The van der Waals surface area contributed by atoms with Crippen LogP contribution in [-0.4, -0.2) is 17.6 Å². The topological polar surface area (TPSA) is 72.2 Å². The summed E-state index contributed by atoms with van der Waals surface area (Å²) in [7, 11) is 0. The Morgan fingerprint density at radius 3 is 3.17 bits per heavy atom. The van der Waals surface area contributed by atoms with Gasteiger partial charge in [0.05, 0.1) is 0 Å². The number of hydrazine groups is 1. The van der Waals surface area contributed by atoms with Crippen molar-refractivity contribution in [3.63, 3.8) is 0 Å². The fourth-order valence-electron chi connectivity index (χ4n) is 2.24. The van der Waals surface area contributed by atoms with Crippen LogP contribution in [0, 0.1) is 0 Å². The average Bonchev–Trinajstić information content (AvgIpc) is 2.64. The SMILES string of the molecule is Nc1ccc(C2=CCC3ONNCCC3=C2)cn1. The zero-order chi connectivity index (χ0) is 12.4. The molecular formula is C13H16N4O. The number of pyridine rings is 1. The van der Waals surface area contributed by atoms with Crippen molar-refractivity contribution in [3.8, 4) is 0 Å². The number of nitrogens with zero attached hydrogens (tertiary/aromatic N) is 1. The third kappa shape index (κ3) is 2.28. The van der Waals surface area contributed by atoms with Crippen molar-refractivity contribution in [3.05, 3.63) is 41.6 Å². The van der Waals surface area contributed by atoms with Gasteiger partial charge in [0.2, 0.25) is 0 Å². The lowest BCUT2D eigenvalue weighted by Gasteiger charge is -2.20. The number of nitrogens with two attached hydrogens (primary N) is 1. The second-order valence-electron chi connectivity index (χ2n) is 4.47. The molecule has 1 aromatic heterocycles. The standard InChI is InChI=1S/C13H16N4O/c14-13-4-2-11(8-15-13)9-1-3-12-10(7-9)5-6-16-17-18-12/h1-2,4,7-8,12,16-17H,3,5-6H2,(H2,14,15). The van der Waals surface area contributed by atoms with E-state index in [4.69, 9.17) is 10.6 Å². The molecule has 0 saturated carbocycles. The van der Waals surface area contributed by atoms with Gasteiger partial charge < -0.3 is 5.73 Å². The molecule has 4 N–H and O–H groups in total. The lowest BCUT2D eigenvalue weighted by atomic mass is 9.91. The van der Waals surface area contributed by atoms with Crippen molar-refractivity contribution < 1.29 is 4.84 Å². The van der Waals surface area contributed by atoms with Gasteiger partial charge in [0.15, 0.2) is 0 Å². The van der Waals surface area contributed by atoms with Crippen LogP contribution in [0.2, 0.25) is 0 Å². The summed E-state index contributed by atoms with van der Waals surface area (Å²) in [6.45, 7) is 0.871. The van der Waals surface area contributed by atoms with Crippen LogP contribution in [-0.2, 0) is 4.84 Å². The first kappa shape index (κ1) is 11.4. The van der Waals surface area contributed by atoms with Crippen LogP contribution >= 0.6 is 0 Å². The zero-order valence-corrected chi connectivity index (χ0v) is 10.0. The molecule has 0 bridgehead atoms. The lowest BCUT2D eigenvalue weighted by Crippen LogP contribution is -2.32. The van der Waals surface area contributed by atoms with E-state index >= 15 is 0 Å². The van der Waals surface area contributed by atoms with Crippen molar-refractivity contribution in [1.29, 1.82) is 0 Å². The van der Waals surface area contributed by atoms with Gasteiger partial charge in [-0.15, -0.1) is 5.59 Å². The van der Waals surface area contributed by atoms with Crippen LogP contribution in [0.4, 0.5) is 5.82 Å². The fraction of sp³-hybridized carbons (Fsp3) is 0.308. The number of nitrogens with one attached hydrogen (secondary N) is 2. The van der Waals surface area contributed by atoms with Gasteiger partial charge in [-0.25, -0.2) is 10.4 Å². The molecule has 1 aliphatic carbocycles. The Morgan fingerprint density at radius 2 is 2.33 bits per heavy atom. The van der Waals surface area contributed by atoms with Crippen molar-refractivity contribution in [2.75, 3.05) is 12.3 Å². The first-order valence-electron chi connectivity index (χ1n) is 6.09. The Kier molecular flexibility index (Phi) is 3.10. The van der Waals surface area contributed by atoms with Gasteiger partial charge >= 0.3 is 0 Å². The van der Waals surface area contributed by atoms with E-state index in [0.717, 1.165) is 24.9 Å². The molecule has 2 aliphatic rings. The molecule has 0 aromatic carbocycles. The monoisotopic (exact) mass is 244 g/mol. The highest BCUT2D eigenvalue weighted by Gasteiger charge is 2.21. The van der Waals surface area contributed by atoms with Crippen molar-refractivity contribution in [1.82, 2.24) is 16.0 Å². The molecule has 0 radical (unpaired) electrons. The number of anilines is 1. The van der Waals surface area contributed by atoms with E-state index in [1.54, 1.807) is 0 Å². The molecule has 1 unspecified atom stereocenters. The summed E-state index contributed by atoms with van der Waals surface area (Å²) in [6, 6.07) is 3.83. The Morgan fingerprint density at radius 1 is 1.39 bits per heavy atom. The molecule has 1 aromatic rings. The van der Waals surface area contributed by atoms with Crippen molar-refractivity contribution in [2.24, 2.45) is 0 Å². The van der Waals surface area contributed by atoms with E-state index in [1.165, 1.54) is 11.1 Å². The smallest absolute Gasteiger partial charge is 0.123 e. The molecule has 1 fully saturated rings. The quantitative estimate of drug-likeness (QED) is 0.692. The zero-order valence-electron chi connectivity index (χ0n) is 10.0. The second-order valence-corrected chi connectivity index (χ2v) is 4.47. The normalized spacial score (nSPS) is 23.7. The molecule has 1 saturated heterocycles. The second kappa shape index (κ2) is 4.89. The van der Waals surface area contributed by atoms with Gasteiger partial charge in [0.1, 0.15) is 11.9 Å². The van der Waals surface area contributed by atoms with Gasteiger partial charge in [-0.1, -0.05) is 12.2 Å². The predicted molar refractivity (Wildman–Crippen MR) is 70.0 cm³/mol. The molecule has 1 atom stereocenters. The third-order valence-electron chi connectivity index (χ3n) is 3.24. The van der Waals surface area contributed by atoms with E-state index in [0.29, 0.717) is 5.82 Å². The van der Waals surface area contributed by atoms with Crippen LogP contribution in [0.15, 0.2) is 36.1 Å². The van der Waals surface area contributed by atoms with E-state index < -0.39 is 0 Å². The summed E-state index contributed by atoms with van der Waals surface area (Å²) < 4.78 is 0. The maximum absolute atomic E-state index is 5.60. The number of fused-ring (bicyclic) bond motifs is 1. The lowest BCUT2D eigenvalue weighted by molar-refractivity contribution is -0.0201. The number of aromatic nitrogens is 1. The van der Waals surface area contributed by atoms with Crippen molar-refractivity contribution >= 4 is 11.4 Å². The van der Waals surface area contributed by atoms with Gasteiger partial charge in [0.25, 0.3) is 0 Å². The third-order valence-corrected chi connectivity index (χ3v) is 3.24. The minimum atomic E-state index is 0.130. The first-order chi connectivity index (χ1) is 8.83. The van der Waals surface area contributed by atoms with Crippen LogP contribution < -0.4 is 16.7 Å². The summed E-state index contributed by atoms with van der Waals surface area (Å²) in [4.78, 5) is 9.63. The molecule has 1 aliphatic heterocycles. The van der Waals surface area contributed by atoms with Crippen LogP contribution in [0.1, 0.15) is 18.4 Å². The molecule has 2 heterocycles. The number of rotatable bonds is 1. The number of allylic oxidation sites excluding steroid dienone is 2. The molecule has 5 heteroatoms. The molecule has 0 amide bonds. The van der Waals surface area contributed by atoms with Crippen LogP contribution in [0.3, 0.4) is 0 Å². The van der Waals surface area contributed by atoms with Gasteiger partial charge in [0, 0.05) is 12.7 Å².